The molecule has 0 aliphatic rings. The Kier molecular flexibility index (Phi) is 25.3. The lowest BCUT2D eigenvalue weighted by atomic mass is 10.00. The van der Waals surface area contributed by atoms with E-state index >= 15 is 0 Å². The van der Waals surface area contributed by atoms with Crippen molar-refractivity contribution >= 4 is 11.9 Å². The molecule has 0 bridgehead atoms. The van der Waals surface area contributed by atoms with E-state index in [9.17, 15) is 9.59 Å². The molecule has 34 heavy (non-hydrogen) atoms. The van der Waals surface area contributed by atoms with Crippen molar-refractivity contribution in [1.29, 1.82) is 0 Å². The molecule has 0 aromatic carbocycles. The number of carbonyl (C=O) groups excluding carboxylic acids is 2. The van der Waals surface area contributed by atoms with Crippen LogP contribution in [0.5, 0.6) is 0 Å². The van der Waals surface area contributed by atoms with Gasteiger partial charge in [-0.1, -0.05) is 26.7 Å². The molecule has 0 saturated carbocycles. The van der Waals surface area contributed by atoms with Crippen LogP contribution in [-0.4, -0.2) is 105 Å². The average molecular weight is 495 g/mol. The van der Waals surface area contributed by atoms with Crippen LogP contribution in [-0.2, 0) is 47.5 Å². The molecule has 202 valence electrons. The highest BCUT2D eigenvalue weighted by molar-refractivity contribution is 5.72. The number of hydrogen-bond donors (Lipinski definition) is 0. The van der Waals surface area contributed by atoms with Crippen LogP contribution < -0.4 is 0 Å². The Labute approximate surface area is 204 Å². The zero-order valence-electron chi connectivity index (χ0n) is 21.4. The first-order valence-corrected chi connectivity index (χ1v) is 12.4. The van der Waals surface area contributed by atoms with Crippen molar-refractivity contribution in [2.45, 2.75) is 46.0 Å². The van der Waals surface area contributed by atoms with Gasteiger partial charge in [-0.05, 0) is 12.8 Å². The summed E-state index contributed by atoms with van der Waals surface area (Å²) in [7, 11) is 1.35. The van der Waals surface area contributed by atoms with Crippen LogP contribution in [0, 0.1) is 5.92 Å². The maximum absolute atomic E-state index is 11.9. The fourth-order valence-electron chi connectivity index (χ4n) is 2.72. The minimum absolute atomic E-state index is 0.00142. The quantitative estimate of drug-likeness (QED) is 0.131. The van der Waals surface area contributed by atoms with E-state index < -0.39 is 0 Å². The molecule has 0 amide bonds. The van der Waals surface area contributed by atoms with Gasteiger partial charge >= 0.3 is 11.9 Å². The van der Waals surface area contributed by atoms with Crippen LogP contribution in [0.3, 0.4) is 0 Å². The van der Waals surface area contributed by atoms with E-state index in [2.05, 4.69) is 11.7 Å². The molecule has 0 aliphatic carbocycles. The lowest BCUT2D eigenvalue weighted by Gasteiger charge is -2.13. The number of esters is 2. The third kappa shape index (κ3) is 22.5. The minimum atomic E-state index is -0.286. The van der Waals surface area contributed by atoms with E-state index in [0.717, 1.165) is 25.7 Å². The Bertz CT molecular complexity index is 461. The highest BCUT2D eigenvalue weighted by Gasteiger charge is 2.16. The molecular formula is C24H46O10. The molecule has 1 unspecified atom stereocenters. The van der Waals surface area contributed by atoms with E-state index in [-0.39, 0.29) is 30.9 Å². The largest absolute Gasteiger partial charge is 0.469 e. The maximum atomic E-state index is 11.9. The SMILES string of the molecule is CCCCC(CC)C(=O)OCCOCCOCCOCCOCCOCCOCCC(=O)OC. The van der Waals surface area contributed by atoms with Crippen molar-refractivity contribution in [3.8, 4) is 0 Å². The molecule has 10 heteroatoms. The number of methoxy groups -OCH3 is 1. The molecule has 1 atom stereocenters. The van der Waals surface area contributed by atoms with Gasteiger partial charge in [0.2, 0.25) is 0 Å². The summed E-state index contributed by atoms with van der Waals surface area (Å²) in [5, 5.41) is 0. The monoisotopic (exact) mass is 494 g/mol. The fraction of sp³-hybridized carbons (Fsp3) is 0.917. The zero-order chi connectivity index (χ0) is 25.1. The van der Waals surface area contributed by atoms with Crippen LogP contribution in [0.4, 0.5) is 0 Å². The van der Waals surface area contributed by atoms with Gasteiger partial charge in [-0.3, -0.25) is 9.59 Å². The third-order valence-corrected chi connectivity index (χ3v) is 4.74. The summed E-state index contributed by atoms with van der Waals surface area (Å²) in [6.07, 6.45) is 4.08. The van der Waals surface area contributed by atoms with Gasteiger partial charge in [-0.25, -0.2) is 0 Å². The van der Waals surface area contributed by atoms with Crippen LogP contribution in [0.25, 0.3) is 0 Å². The normalized spacial score (nSPS) is 12.0. The lowest BCUT2D eigenvalue weighted by Crippen LogP contribution is -2.20. The predicted molar refractivity (Wildman–Crippen MR) is 126 cm³/mol. The molecule has 0 spiro atoms. The van der Waals surface area contributed by atoms with Crippen molar-refractivity contribution in [2.24, 2.45) is 5.92 Å². The Morgan fingerprint density at radius 1 is 0.618 bits per heavy atom. The molecule has 0 rings (SSSR count). The highest BCUT2D eigenvalue weighted by Crippen LogP contribution is 2.14. The molecule has 0 aromatic heterocycles. The van der Waals surface area contributed by atoms with Gasteiger partial charge in [0.05, 0.1) is 98.7 Å². The first-order chi connectivity index (χ1) is 16.7. The average Bonchev–Trinajstić information content (AvgIpc) is 2.85. The number of ether oxygens (including phenoxy) is 8. The van der Waals surface area contributed by atoms with Crippen molar-refractivity contribution in [3.63, 3.8) is 0 Å². The number of carbonyl (C=O) groups is 2. The van der Waals surface area contributed by atoms with Crippen molar-refractivity contribution in [3.05, 3.63) is 0 Å². The van der Waals surface area contributed by atoms with Gasteiger partial charge in [0.1, 0.15) is 6.61 Å². The summed E-state index contributed by atoms with van der Waals surface area (Å²) in [5.74, 6) is -0.409. The molecule has 0 aliphatic heterocycles. The number of unbranched alkanes of at least 4 members (excludes halogenated alkanes) is 1. The van der Waals surface area contributed by atoms with Gasteiger partial charge in [-0.2, -0.15) is 0 Å². The molecule has 0 N–H and O–H groups in total. The van der Waals surface area contributed by atoms with Crippen molar-refractivity contribution < 1.29 is 47.5 Å². The molecule has 10 nitrogen and oxygen atoms in total. The fourth-order valence-corrected chi connectivity index (χ4v) is 2.72. The summed E-state index contributed by atoms with van der Waals surface area (Å²) in [4.78, 5) is 22.8. The highest BCUT2D eigenvalue weighted by atomic mass is 16.6. The Morgan fingerprint density at radius 3 is 1.41 bits per heavy atom. The molecule has 0 saturated heterocycles. The predicted octanol–water partition coefficient (Wildman–Crippen LogP) is 2.41. The van der Waals surface area contributed by atoms with E-state index in [0.29, 0.717) is 79.3 Å². The van der Waals surface area contributed by atoms with Crippen molar-refractivity contribution in [2.75, 3.05) is 93.0 Å². The summed E-state index contributed by atoms with van der Waals surface area (Å²) >= 11 is 0. The summed E-state index contributed by atoms with van der Waals surface area (Å²) < 4.78 is 42.0. The van der Waals surface area contributed by atoms with Crippen LogP contribution >= 0.6 is 0 Å². The first-order valence-electron chi connectivity index (χ1n) is 12.4. The smallest absolute Gasteiger partial charge is 0.308 e. The Morgan fingerprint density at radius 2 is 1.03 bits per heavy atom. The van der Waals surface area contributed by atoms with Gasteiger partial charge in [0, 0.05) is 0 Å². The maximum Gasteiger partial charge on any atom is 0.308 e. The zero-order valence-corrected chi connectivity index (χ0v) is 21.4. The molecular weight excluding hydrogens is 448 g/mol. The van der Waals surface area contributed by atoms with E-state index in [1.165, 1.54) is 7.11 Å². The Hall–Kier alpha value is -1.30. The van der Waals surface area contributed by atoms with Gasteiger partial charge in [-0.15, -0.1) is 0 Å². The van der Waals surface area contributed by atoms with Crippen molar-refractivity contribution in [1.82, 2.24) is 0 Å². The van der Waals surface area contributed by atoms with E-state index in [4.69, 9.17) is 33.2 Å². The molecule has 0 fully saturated rings. The summed E-state index contributed by atoms with van der Waals surface area (Å²) in [6, 6.07) is 0. The topological polar surface area (TPSA) is 108 Å². The molecule has 0 aromatic rings. The van der Waals surface area contributed by atoms with Gasteiger partial charge in [0.15, 0.2) is 0 Å². The number of hydrogen-bond acceptors (Lipinski definition) is 10. The summed E-state index contributed by atoms with van der Waals surface area (Å²) in [5.41, 5.74) is 0. The van der Waals surface area contributed by atoms with Gasteiger partial charge < -0.3 is 37.9 Å². The number of rotatable bonds is 26. The third-order valence-electron chi connectivity index (χ3n) is 4.74. The van der Waals surface area contributed by atoms with E-state index in [1.807, 2.05) is 6.92 Å². The lowest BCUT2D eigenvalue weighted by molar-refractivity contribution is -0.150. The second kappa shape index (κ2) is 26.3. The standard InChI is InChI=1S/C24H46O10/c1-4-6-7-22(5-2)24(26)34-21-20-33-19-18-32-17-16-31-15-14-30-13-12-29-11-10-28-9-8-23(25)27-3/h22H,4-21H2,1-3H3. The second-order valence-corrected chi connectivity index (χ2v) is 7.42. The minimum Gasteiger partial charge on any atom is -0.469 e. The van der Waals surface area contributed by atoms with Crippen LogP contribution in [0.15, 0.2) is 0 Å². The van der Waals surface area contributed by atoms with E-state index in [1.54, 1.807) is 0 Å². The molecule has 0 radical (unpaired) electrons. The molecule has 0 heterocycles. The second-order valence-electron chi connectivity index (χ2n) is 7.42. The first kappa shape index (κ1) is 32.7. The Balaban J connectivity index is 3.21. The van der Waals surface area contributed by atoms with Gasteiger partial charge in [0.25, 0.3) is 0 Å². The van der Waals surface area contributed by atoms with Crippen LogP contribution in [0.2, 0.25) is 0 Å². The summed E-state index contributed by atoms with van der Waals surface area (Å²) in [6.45, 7) is 9.79. The van der Waals surface area contributed by atoms with Crippen LogP contribution in [0.1, 0.15) is 46.0 Å².